The van der Waals surface area contributed by atoms with Crippen molar-refractivity contribution in [3.05, 3.63) is 131 Å². The number of rotatable bonds is 12. The summed E-state index contributed by atoms with van der Waals surface area (Å²) < 4.78 is 44.5. The summed E-state index contributed by atoms with van der Waals surface area (Å²) in [5.41, 5.74) is 3.07. The normalized spacial score (nSPS) is 14.1. The van der Waals surface area contributed by atoms with Gasteiger partial charge >= 0.3 is 0 Å². The molecule has 0 radical (unpaired) electrons. The molecule has 240 valence electrons. The third-order valence-electron chi connectivity index (χ3n) is 8.45. The van der Waals surface area contributed by atoms with Gasteiger partial charge in [-0.25, -0.2) is 12.8 Å². The number of carbonyl (C=O) groups excluding carboxylic acids is 2. The molecule has 0 aromatic heterocycles. The van der Waals surface area contributed by atoms with E-state index >= 15 is 4.39 Å². The molecule has 9 heteroatoms. The number of halogens is 1. The van der Waals surface area contributed by atoms with Crippen LogP contribution in [0.1, 0.15) is 47.9 Å². The Hall–Kier alpha value is -4.50. The Morgan fingerprint density at radius 3 is 2.20 bits per heavy atom. The summed E-state index contributed by atoms with van der Waals surface area (Å²) in [5, 5.41) is 3.13. The fraction of sp³-hybridized carbons (Fsp3) is 0.297. The van der Waals surface area contributed by atoms with Gasteiger partial charge in [-0.05, 0) is 68.1 Å². The summed E-state index contributed by atoms with van der Waals surface area (Å²) in [4.78, 5) is 30.0. The number of benzene rings is 4. The van der Waals surface area contributed by atoms with Crippen LogP contribution in [-0.4, -0.2) is 43.8 Å². The zero-order valence-electron chi connectivity index (χ0n) is 26.2. The second-order valence-corrected chi connectivity index (χ2v) is 13.8. The van der Waals surface area contributed by atoms with Crippen molar-refractivity contribution in [2.24, 2.45) is 0 Å². The maximum Gasteiger partial charge on any atom is 0.264 e. The number of nitrogens with zero attached hydrogens (tertiary/aromatic N) is 2. The van der Waals surface area contributed by atoms with Gasteiger partial charge in [0.1, 0.15) is 18.4 Å². The average molecular weight is 642 g/mol. The number of anilines is 1. The summed E-state index contributed by atoms with van der Waals surface area (Å²) >= 11 is 0. The first-order chi connectivity index (χ1) is 22.1. The van der Waals surface area contributed by atoms with Crippen LogP contribution in [-0.2, 0) is 32.6 Å². The van der Waals surface area contributed by atoms with E-state index in [-0.39, 0.29) is 35.4 Å². The van der Waals surface area contributed by atoms with E-state index in [2.05, 4.69) is 5.32 Å². The molecule has 0 aliphatic heterocycles. The minimum Gasteiger partial charge on any atom is -0.352 e. The molecule has 0 heterocycles. The molecular formula is C37H40FN3O4S. The molecule has 7 nitrogen and oxygen atoms in total. The molecule has 5 rings (SSSR count). The van der Waals surface area contributed by atoms with Crippen LogP contribution in [0.2, 0.25) is 0 Å². The van der Waals surface area contributed by atoms with Crippen molar-refractivity contribution in [3.63, 3.8) is 0 Å². The van der Waals surface area contributed by atoms with Crippen molar-refractivity contribution in [2.45, 2.75) is 69.5 Å². The maximum atomic E-state index is 15.1. The average Bonchev–Trinajstić information content (AvgIpc) is 3.56. The lowest BCUT2D eigenvalue weighted by atomic mass is 10.0. The Labute approximate surface area is 271 Å². The SMILES string of the molecule is Cc1ccc(S(=O)(=O)N(CC(=O)N(Cc2ccccc2F)[C@H](Cc2ccccc2)C(=O)NC2CCCC2)c2cccc(C)c2)cc1. The van der Waals surface area contributed by atoms with E-state index < -0.39 is 34.3 Å². The number of carbonyl (C=O) groups is 2. The van der Waals surface area contributed by atoms with E-state index in [4.69, 9.17) is 0 Å². The number of amides is 2. The van der Waals surface area contributed by atoms with Crippen molar-refractivity contribution >= 4 is 27.5 Å². The van der Waals surface area contributed by atoms with E-state index in [1.807, 2.05) is 50.2 Å². The van der Waals surface area contributed by atoms with Gasteiger partial charge in [-0.15, -0.1) is 0 Å². The van der Waals surface area contributed by atoms with E-state index in [0.717, 1.165) is 46.7 Å². The summed E-state index contributed by atoms with van der Waals surface area (Å²) in [7, 11) is -4.21. The van der Waals surface area contributed by atoms with Crippen molar-refractivity contribution in [3.8, 4) is 0 Å². The quantitative estimate of drug-likeness (QED) is 0.196. The highest BCUT2D eigenvalue weighted by Crippen LogP contribution is 2.27. The Morgan fingerprint density at radius 1 is 0.848 bits per heavy atom. The van der Waals surface area contributed by atoms with Gasteiger partial charge in [-0.3, -0.25) is 13.9 Å². The smallest absolute Gasteiger partial charge is 0.264 e. The van der Waals surface area contributed by atoms with Gasteiger partial charge < -0.3 is 10.2 Å². The molecule has 0 spiro atoms. The number of aryl methyl sites for hydroxylation is 2. The molecule has 4 aromatic rings. The predicted molar refractivity (Wildman–Crippen MR) is 178 cm³/mol. The van der Waals surface area contributed by atoms with Crippen LogP contribution in [0.15, 0.2) is 108 Å². The first kappa shape index (κ1) is 32.9. The third-order valence-corrected chi connectivity index (χ3v) is 10.2. The standard InChI is InChI=1S/C37H40FN3O4S/c1-27-19-21-33(22-20-27)46(44,45)41(32-17-10-11-28(2)23-32)26-36(42)40(25-30-14-6-9-18-34(30)38)35(24-29-12-4-3-5-13-29)37(43)39-31-15-7-8-16-31/h3-6,9-14,17-23,31,35H,7-8,15-16,24-26H2,1-2H3,(H,39,43)/t35-/m1/s1. The van der Waals surface area contributed by atoms with Crippen LogP contribution in [0.25, 0.3) is 0 Å². The van der Waals surface area contributed by atoms with Crippen LogP contribution < -0.4 is 9.62 Å². The Morgan fingerprint density at radius 2 is 1.52 bits per heavy atom. The molecule has 1 N–H and O–H groups in total. The number of sulfonamides is 1. The summed E-state index contributed by atoms with van der Waals surface area (Å²) in [6.07, 6.45) is 3.89. The molecule has 1 fully saturated rings. The topological polar surface area (TPSA) is 86.8 Å². The Kier molecular flexibility index (Phi) is 10.5. The molecule has 4 aromatic carbocycles. The van der Waals surface area contributed by atoms with Crippen LogP contribution in [0, 0.1) is 19.7 Å². The highest BCUT2D eigenvalue weighted by Gasteiger charge is 2.36. The summed E-state index contributed by atoms with van der Waals surface area (Å²) in [5.74, 6) is -1.48. The van der Waals surface area contributed by atoms with Crippen molar-refractivity contribution < 1.29 is 22.4 Å². The van der Waals surface area contributed by atoms with Crippen LogP contribution in [0.5, 0.6) is 0 Å². The van der Waals surface area contributed by atoms with Gasteiger partial charge in [-0.2, -0.15) is 0 Å². The highest BCUT2D eigenvalue weighted by molar-refractivity contribution is 7.92. The molecule has 1 aliphatic rings. The molecule has 46 heavy (non-hydrogen) atoms. The van der Waals surface area contributed by atoms with Gasteiger partial charge in [0.15, 0.2) is 0 Å². The van der Waals surface area contributed by atoms with Crippen molar-refractivity contribution in [2.75, 3.05) is 10.8 Å². The van der Waals surface area contributed by atoms with Gasteiger partial charge in [0.25, 0.3) is 10.0 Å². The van der Waals surface area contributed by atoms with E-state index in [1.165, 1.54) is 23.1 Å². The van der Waals surface area contributed by atoms with Gasteiger partial charge in [-0.1, -0.05) is 91.2 Å². The lowest BCUT2D eigenvalue weighted by Gasteiger charge is -2.34. The lowest BCUT2D eigenvalue weighted by molar-refractivity contribution is -0.140. The van der Waals surface area contributed by atoms with Crippen LogP contribution in [0.4, 0.5) is 10.1 Å². The second-order valence-electron chi connectivity index (χ2n) is 12.0. The zero-order valence-corrected chi connectivity index (χ0v) is 27.0. The minimum absolute atomic E-state index is 0.0121. The van der Waals surface area contributed by atoms with Gasteiger partial charge in [0, 0.05) is 24.6 Å². The minimum atomic E-state index is -4.21. The first-order valence-electron chi connectivity index (χ1n) is 15.6. The lowest BCUT2D eigenvalue weighted by Crippen LogP contribution is -2.54. The molecule has 0 saturated heterocycles. The largest absolute Gasteiger partial charge is 0.352 e. The molecular weight excluding hydrogens is 601 g/mol. The monoisotopic (exact) mass is 641 g/mol. The van der Waals surface area contributed by atoms with Gasteiger partial charge in [0.05, 0.1) is 10.6 Å². The van der Waals surface area contributed by atoms with Crippen LogP contribution in [0.3, 0.4) is 0 Å². The van der Waals surface area contributed by atoms with Gasteiger partial charge in [0.2, 0.25) is 11.8 Å². The molecule has 0 bridgehead atoms. The maximum absolute atomic E-state index is 15.1. The van der Waals surface area contributed by atoms with E-state index in [0.29, 0.717) is 5.69 Å². The third kappa shape index (κ3) is 8.01. The molecule has 1 saturated carbocycles. The number of nitrogens with one attached hydrogen (secondary N) is 1. The first-order valence-corrected chi connectivity index (χ1v) is 17.1. The Bertz CT molecular complexity index is 1760. The van der Waals surface area contributed by atoms with Crippen molar-refractivity contribution in [1.82, 2.24) is 10.2 Å². The second kappa shape index (κ2) is 14.7. The molecule has 0 unspecified atom stereocenters. The molecule has 2 amide bonds. The Balaban J connectivity index is 1.57. The number of hydrogen-bond donors (Lipinski definition) is 1. The summed E-state index contributed by atoms with van der Waals surface area (Å²) in [6.45, 7) is 2.90. The van der Waals surface area contributed by atoms with Crippen molar-refractivity contribution in [1.29, 1.82) is 0 Å². The fourth-order valence-electron chi connectivity index (χ4n) is 5.88. The van der Waals surface area contributed by atoms with E-state index in [9.17, 15) is 18.0 Å². The molecule has 1 aliphatic carbocycles. The molecule has 1 atom stereocenters. The fourth-order valence-corrected chi connectivity index (χ4v) is 7.29. The zero-order chi connectivity index (χ0) is 32.7. The number of hydrogen-bond acceptors (Lipinski definition) is 4. The predicted octanol–water partition coefficient (Wildman–Crippen LogP) is 6.34. The van der Waals surface area contributed by atoms with Crippen LogP contribution >= 0.6 is 0 Å². The van der Waals surface area contributed by atoms with E-state index in [1.54, 1.807) is 48.5 Å². The summed E-state index contributed by atoms with van der Waals surface area (Å²) in [6, 6.07) is 27.8. The highest BCUT2D eigenvalue weighted by atomic mass is 32.2.